The predicted octanol–water partition coefficient (Wildman–Crippen LogP) is -2.46. The van der Waals surface area contributed by atoms with E-state index in [4.69, 9.17) is 26.6 Å². The third kappa shape index (κ3) is 4.31. The van der Waals surface area contributed by atoms with Gasteiger partial charge in [0, 0.05) is 0 Å². The maximum atomic E-state index is 11.6. The number of aliphatic hydroxyl groups is 4. The van der Waals surface area contributed by atoms with Crippen LogP contribution >= 0.6 is 11.6 Å². The Morgan fingerprint density at radius 2 is 2.05 bits per heavy atom. The van der Waals surface area contributed by atoms with Gasteiger partial charge in [-0.15, -0.1) is 11.6 Å². The van der Waals surface area contributed by atoms with E-state index in [0.29, 0.717) is 0 Å². The number of amides is 1. The molecule has 9 nitrogen and oxygen atoms in total. The van der Waals surface area contributed by atoms with E-state index in [-0.39, 0.29) is 0 Å². The highest BCUT2D eigenvalue weighted by molar-refractivity contribution is 6.30. The topological polar surface area (TPSA) is 157 Å². The number of carboxylic acids is 1. The van der Waals surface area contributed by atoms with E-state index >= 15 is 0 Å². The highest BCUT2D eigenvalue weighted by Gasteiger charge is 2.43. The lowest BCUT2D eigenvalue weighted by Gasteiger charge is -2.38. The average Bonchev–Trinajstić information content (AvgIpc) is 2.46. The zero-order valence-electron chi connectivity index (χ0n) is 11.6. The summed E-state index contributed by atoms with van der Waals surface area (Å²) in [5.41, 5.74) is 0. The highest BCUT2D eigenvalue weighted by atomic mass is 35.5. The van der Waals surface area contributed by atoms with Crippen LogP contribution in [0.25, 0.3) is 0 Å². The van der Waals surface area contributed by atoms with Gasteiger partial charge in [-0.2, -0.15) is 0 Å². The maximum Gasteiger partial charge on any atom is 0.370 e. The van der Waals surface area contributed by atoms with Gasteiger partial charge >= 0.3 is 5.97 Å². The van der Waals surface area contributed by atoms with Crippen molar-refractivity contribution in [2.75, 3.05) is 6.61 Å². The summed E-state index contributed by atoms with van der Waals surface area (Å²) in [6.45, 7) is 0.551. The van der Waals surface area contributed by atoms with Crippen LogP contribution in [-0.2, 0) is 14.3 Å². The first kappa shape index (κ1) is 18.7. The molecule has 1 rings (SSSR count). The number of alkyl halides is 1. The number of carbonyl (C=O) groups excluding carboxylic acids is 1. The molecular formula is C12H18ClNO8. The summed E-state index contributed by atoms with van der Waals surface area (Å²) in [7, 11) is 0. The number of hydrogen-bond donors (Lipinski definition) is 6. The Morgan fingerprint density at radius 3 is 2.50 bits per heavy atom. The normalized spacial score (nSPS) is 28.8. The molecule has 1 amide bonds. The van der Waals surface area contributed by atoms with Crippen LogP contribution in [0.5, 0.6) is 0 Å². The van der Waals surface area contributed by atoms with Gasteiger partial charge < -0.3 is 35.6 Å². The summed E-state index contributed by atoms with van der Waals surface area (Å²) >= 11 is 5.60. The number of ether oxygens (including phenoxy) is 1. The van der Waals surface area contributed by atoms with Crippen molar-refractivity contribution in [3.05, 3.63) is 11.8 Å². The molecule has 0 saturated heterocycles. The fourth-order valence-corrected chi connectivity index (χ4v) is 1.95. The number of carbonyl (C=O) groups is 2. The van der Waals surface area contributed by atoms with Crippen LogP contribution < -0.4 is 5.32 Å². The van der Waals surface area contributed by atoms with E-state index < -0.39 is 60.1 Å². The summed E-state index contributed by atoms with van der Waals surface area (Å²) in [6, 6.07) is -1.26. The van der Waals surface area contributed by atoms with Crippen molar-refractivity contribution in [1.29, 1.82) is 0 Å². The number of aliphatic carboxylic acids is 1. The van der Waals surface area contributed by atoms with Gasteiger partial charge in [-0.3, -0.25) is 4.79 Å². The molecule has 0 spiro atoms. The molecule has 0 bridgehead atoms. The Morgan fingerprint density at radius 1 is 1.45 bits per heavy atom. The molecule has 0 aromatic carbocycles. The average molecular weight is 340 g/mol. The predicted molar refractivity (Wildman–Crippen MR) is 72.9 cm³/mol. The Labute approximate surface area is 130 Å². The fraction of sp³-hybridized carbons (Fsp3) is 0.667. The molecule has 0 radical (unpaired) electrons. The number of halogens is 1. The molecule has 126 valence electrons. The SMILES string of the molecule is CC(Cl)C(=O)N[C@@H]1[C@@H]([C@H](O)[C@H](O)CO)OC(C(=O)O)=C[C@@H]1O. The molecule has 1 unspecified atom stereocenters. The minimum Gasteiger partial charge on any atom is -0.478 e. The van der Waals surface area contributed by atoms with Gasteiger partial charge in [-0.1, -0.05) is 0 Å². The Balaban J connectivity index is 3.06. The van der Waals surface area contributed by atoms with Gasteiger partial charge in [0.15, 0.2) is 6.10 Å². The summed E-state index contributed by atoms with van der Waals surface area (Å²) in [5, 5.41) is 48.5. The largest absolute Gasteiger partial charge is 0.478 e. The third-order valence-corrected chi connectivity index (χ3v) is 3.30. The van der Waals surface area contributed by atoms with Crippen molar-refractivity contribution in [1.82, 2.24) is 5.32 Å². The van der Waals surface area contributed by atoms with Crippen molar-refractivity contribution in [2.45, 2.75) is 42.8 Å². The van der Waals surface area contributed by atoms with Gasteiger partial charge in [0.25, 0.3) is 0 Å². The van der Waals surface area contributed by atoms with Gasteiger partial charge in [0.05, 0.1) is 12.6 Å². The summed E-state index contributed by atoms with van der Waals surface area (Å²) in [6.07, 6.45) is -5.55. The van der Waals surface area contributed by atoms with Gasteiger partial charge in [0.1, 0.15) is 23.7 Å². The second kappa shape index (κ2) is 7.75. The first-order valence-corrected chi connectivity index (χ1v) is 6.84. The van der Waals surface area contributed by atoms with E-state index in [2.05, 4.69) is 5.32 Å². The van der Waals surface area contributed by atoms with Gasteiger partial charge in [0.2, 0.25) is 11.7 Å². The molecule has 0 fully saturated rings. The summed E-state index contributed by atoms with van der Waals surface area (Å²) < 4.78 is 5.02. The van der Waals surface area contributed by atoms with Crippen molar-refractivity contribution >= 4 is 23.5 Å². The van der Waals surface area contributed by atoms with Crippen LogP contribution in [0.2, 0.25) is 0 Å². The van der Waals surface area contributed by atoms with Crippen molar-refractivity contribution in [3.63, 3.8) is 0 Å². The summed E-state index contributed by atoms with van der Waals surface area (Å²) in [5.74, 6) is -2.83. The Kier molecular flexibility index (Phi) is 6.57. The molecule has 1 heterocycles. The molecule has 1 aliphatic heterocycles. The van der Waals surface area contributed by atoms with Crippen LogP contribution in [0.15, 0.2) is 11.8 Å². The first-order chi connectivity index (χ1) is 10.2. The second-order valence-corrected chi connectivity index (χ2v) is 5.45. The minimum atomic E-state index is -1.75. The highest BCUT2D eigenvalue weighted by Crippen LogP contribution is 2.23. The standard InChI is InChI=1S/C12H18ClNO8/c1-4(13)11(19)14-8-5(16)2-7(12(20)21)22-10(8)9(18)6(17)3-15/h2,4-6,8-10,15-18H,3H2,1H3,(H,14,19)(H,20,21)/t4?,5-,6+,8-,9+,10-/m0/s1. The van der Waals surface area contributed by atoms with E-state index in [1.165, 1.54) is 6.92 Å². The molecule has 0 aromatic heterocycles. The molecule has 6 N–H and O–H groups in total. The fourth-order valence-electron chi connectivity index (χ4n) is 1.89. The monoisotopic (exact) mass is 339 g/mol. The Hall–Kier alpha value is -1.39. The minimum absolute atomic E-state index is 0.647. The molecule has 0 aliphatic carbocycles. The van der Waals surface area contributed by atoms with Crippen LogP contribution in [0.4, 0.5) is 0 Å². The molecule has 6 atom stereocenters. The Bertz CT molecular complexity index is 454. The maximum absolute atomic E-state index is 11.6. The number of aliphatic hydroxyl groups excluding tert-OH is 4. The van der Waals surface area contributed by atoms with E-state index in [9.17, 15) is 24.9 Å². The number of nitrogens with one attached hydrogen (secondary N) is 1. The number of hydrogen-bond acceptors (Lipinski definition) is 7. The van der Waals surface area contributed by atoms with Gasteiger partial charge in [-0.05, 0) is 13.0 Å². The number of rotatable bonds is 6. The molecule has 0 aromatic rings. The van der Waals surface area contributed by atoms with Crippen LogP contribution in [0.1, 0.15) is 6.92 Å². The van der Waals surface area contributed by atoms with Crippen LogP contribution in [-0.4, -0.2) is 79.9 Å². The van der Waals surface area contributed by atoms with E-state index in [1.807, 2.05) is 0 Å². The molecule has 1 aliphatic rings. The molecular weight excluding hydrogens is 322 g/mol. The van der Waals surface area contributed by atoms with Crippen molar-refractivity contribution in [3.8, 4) is 0 Å². The number of carboxylic acid groups (broad SMARTS) is 1. The quantitative estimate of drug-likeness (QED) is 0.291. The van der Waals surface area contributed by atoms with Crippen molar-refractivity contribution < 1.29 is 39.9 Å². The molecule has 22 heavy (non-hydrogen) atoms. The lowest BCUT2D eigenvalue weighted by Crippen LogP contribution is -2.60. The molecule has 10 heteroatoms. The second-order valence-electron chi connectivity index (χ2n) is 4.80. The van der Waals surface area contributed by atoms with Gasteiger partial charge in [-0.25, -0.2) is 4.79 Å². The van der Waals surface area contributed by atoms with E-state index in [0.717, 1.165) is 6.08 Å². The lowest BCUT2D eigenvalue weighted by atomic mass is 9.93. The first-order valence-electron chi connectivity index (χ1n) is 6.40. The zero-order chi connectivity index (χ0) is 17.0. The smallest absolute Gasteiger partial charge is 0.370 e. The van der Waals surface area contributed by atoms with Crippen molar-refractivity contribution in [2.24, 2.45) is 0 Å². The lowest BCUT2D eigenvalue weighted by molar-refractivity contribution is -0.149. The van der Waals surface area contributed by atoms with Crippen LogP contribution in [0, 0.1) is 0 Å². The van der Waals surface area contributed by atoms with E-state index in [1.54, 1.807) is 0 Å². The third-order valence-electron chi connectivity index (χ3n) is 3.11. The zero-order valence-corrected chi connectivity index (χ0v) is 12.3. The summed E-state index contributed by atoms with van der Waals surface area (Å²) in [4.78, 5) is 22.6. The molecule has 0 saturated carbocycles. The van der Waals surface area contributed by atoms with Crippen LogP contribution in [0.3, 0.4) is 0 Å².